The molecule has 0 aromatic rings. The van der Waals surface area contributed by atoms with Crippen LogP contribution in [-0.2, 0) is 0 Å². The summed E-state index contributed by atoms with van der Waals surface area (Å²) in [4.78, 5) is 2.16. The Hall–Kier alpha value is -2.00. The monoisotopic (exact) mass is 271 g/mol. The minimum Gasteiger partial charge on any atom is -0.399 e. The van der Waals surface area contributed by atoms with E-state index in [1.54, 1.807) is 12.2 Å². The highest BCUT2D eigenvalue weighted by Gasteiger charge is 2.18. The van der Waals surface area contributed by atoms with Crippen LogP contribution < -0.4 is 11.5 Å². The van der Waals surface area contributed by atoms with Gasteiger partial charge in [0.25, 0.3) is 0 Å². The molecule has 0 spiro atoms. The normalized spacial score (nSPS) is 18.4. The average molecular weight is 271 g/mol. The van der Waals surface area contributed by atoms with Crippen LogP contribution in [0, 0.1) is 0 Å². The number of rotatable bonds is 5. The highest BCUT2D eigenvalue weighted by Crippen LogP contribution is 2.22. The van der Waals surface area contributed by atoms with Crippen molar-refractivity contribution in [3.63, 3.8) is 0 Å². The molecule has 4 N–H and O–H groups in total. The number of hydrogen-bond donors (Lipinski definition) is 2. The topological polar surface area (TPSA) is 55.3 Å². The number of likely N-dealkylation sites (N-methyl/N-ethyl adjacent to an activating group) is 1. The first kappa shape index (κ1) is 16.1. The zero-order valence-corrected chi connectivity index (χ0v) is 12.6. The van der Waals surface area contributed by atoms with E-state index in [-0.39, 0.29) is 6.04 Å². The fraction of sp³-hybridized carbons (Fsp3) is 0.294. The molecule has 1 rings (SSSR count). The molecule has 0 aromatic carbocycles. The Morgan fingerprint density at radius 3 is 2.75 bits per heavy atom. The van der Waals surface area contributed by atoms with Gasteiger partial charge >= 0.3 is 0 Å². The second-order valence-electron chi connectivity index (χ2n) is 5.14. The number of hydrogen-bond acceptors (Lipinski definition) is 3. The summed E-state index contributed by atoms with van der Waals surface area (Å²) >= 11 is 0. The molecule has 0 radical (unpaired) electrons. The molecule has 1 aliphatic carbocycles. The fourth-order valence-corrected chi connectivity index (χ4v) is 2.39. The summed E-state index contributed by atoms with van der Waals surface area (Å²) in [6.07, 6.45) is 14.6. The van der Waals surface area contributed by atoms with Gasteiger partial charge in [0.05, 0.1) is 6.04 Å². The SMILES string of the molecule is C=C/C=C(N)\C=C(/C)C(C1=CCC=CC(N)=C1)N(C)C. The van der Waals surface area contributed by atoms with Crippen molar-refractivity contribution < 1.29 is 0 Å². The molecule has 0 bridgehead atoms. The number of nitrogens with two attached hydrogens (primary N) is 2. The zero-order chi connectivity index (χ0) is 15.1. The molecule has 0 aromatic heterocycles. The standard InChI is InChI=1S/C17H25N3/c1-5-8-15(18)11-13(2)17(20(3)4)14-9-6-7-10-16(19)12-14/h5,7-12,17H,1,6,18-19H2,2-4H3/b13-11+,15-8+. The second kappa shape index (κ2) is 7.56. The van der Waals surface area contributed by atoms with Crippen LogP contribution in [0.25, 0.3) is 0 Å². The maximum absolute atomic E-state index is 5.96. The van der Waals surface area contributed by atoms with Crippen molar-refractivity contribution in [1.82, 2.24) is 4.90 Å². The van der Waals surface area contributed by atoms with Crippen molar-refractivity contribution in [2.75, 3.05) is 14.1 Å². The fourth-order valence-electron chi connectivity index (χ4n) is 2.39. The van der Waals surface area contributed by atoms with E-state index >= 15 is 0 Å². The number of allylic oxidation sites excluding steroid dienone is 6. The summed E-state index contributed by atoms with van der Waals surface area (Å²) in [5, 5.41) is 0. The van der Waals surface area contributed by atoms with Gasteiger partial charge in [-0.05, 0) is 62.9 Å². The van der Waals surface area contributed by atoms with E-state index in [4.69, 9.17) is 11.5 Å². The summed E-state index contributed by atoms with van der Waals surface area (Å²) in [7, 11) is 4.11. The Kier molecular flexibility index (Phi) is 6.07. The van der Waals surface area contributed by atoms with Crippen molar-refractivity contribution in [2.24, 2.45) is 11.5 Å². The lowest BCUT2D eigenvalue weighted by molar-refractivity contribution is 0.369. The third-order valence-electron chi connectivity index (χ3n) is 3.10. The molecule has 0 fully saturated rings. The molecule has 1 aliphatic rings. The molecule has 0 heterocycles. The summed E-state index contributed by atoms with van der Waals surface area (Å²) in [6, 6.07) is 0.158. The van der Waals surface area contributed by atoms with Crippen molar-refractivity contribution in [1.29, 1.82) is 0 Å². The molecular weight excluding hydrogens is 246 g/mol. The van der Waals surface area contributed by atoms with Gasteiger partial charge in [0, 0.05) is 11.4 Å². The smallest absolute Gasteiger partial charge is 0.0555 e. The first-order valence-corrected chi connectivity index (χ1v) is 6.72. The lowest BCUT2D eigenvalue weighted by Crippen LogP contribution is -2.31. The van der Waals surface area contributed by atoms with Crippen LogP contribution in [0.5, 0.6) is 0 Å². The van der Waals surface area contributed by atoms with Crippen molar-refractivity contribution in [3.05, 3.63) is 71.7 Å². The Bertz CT molecular complexity index is 502. The van der Waals surface area contributed by atoms with Gasteiger partial charge in [0.15, 0.2) is 0 Å². The van der Waals surface area contributed by atoms with Crippen LogP contribution in [0.15, 0.2) is 71.7 Å². The summed E-state index contributed by atoms with van der Waals surface area (Å²) in [6.45, 7) is 5.74. The van der Waals surface area contributed by atoms with E-state index < -0.39 is 0 Å². The molecule has 3 nitrogen and oxygen atoms in total. The third kappa shape index (κ3) is 4.59. The van der Waals surface area contributed by atoms with E-state index in [0.717, 1.165) is 12.1 Å². The summed E-state index contributed by atoms with van der Waals surface area (Å²) in [5.74, 6) is 0. The molecule has 20 heavy (non-hydrogen) atoms. The Labute approximate surface area is 122 Å². The van der Waals surface area contributed by atoms with E-state index in [2.05, 4.69) is 44.6 Å². The molecule has 0 amide bonds. The van der Waals surface area contributed by atoms with Gasteiger partial charge in [-0.2, -0.15) is 0 Å². The van der Waals surface area contributed by atoms with Gasteiger partial charge < -0.3 is 11.5 Å². The molecule has 1 atom stereocenters. The van der Waals surface area contributed by atoms with Gasteiger partial charge in [-0.3, -0.25) is 4.90 Å². The highest BCUT2D eigenvalue weighted by molar-refractivity contribution is 5.41. The van der Waals surface area contributed by atoms with Crippen molar-refractivity contribution in [2.45, 2.75) is 19.4 Å². The van der Waals surface area contributed by atoms with Gasteiger partial charge in [0.2, 0.25) is 0 Å². The quantitative estimate of drug-likeness (QED) is 0.756. The van der Waals surface area contributed by atoms with E-state index in [9.17, 15) is 0 Å². The Morgan fingerprint density at radius 2 is 2.15 bits per heavy atom. The van der Waals surface area contributed by atoms with Crippen LogP contribution in [0.4, 0.5) is 0 Å². The zero-order valence-electron chi connectivity index (χ0n) is 12.6. The van der Waals surface area contributed by atoms with Gasteiger partial charge in [-0.1, -0.05) is 24.8 Å². The molecule has 1 unspecified atom stereocenters. The molecular formula is C17H25N3. The Morgan fingerprint density at radius 1 is 1.45 bits per heavy atom. The highest BCUT2D eigenvalue weighted by atomic mass is 15.1. The predicted octanol–water partition coefficient (Wildman–Crippen LogP) is 2.62. The van der Waals surface area contributed by atoms with Crippen LogP contribution in [0.1, 0.15) is 13.3 Å². The van der Waals surface area contributed by atoms with Gasteiger partial charge in [-0.15, -0.1) is 0 Å². The molecule has 0 saturated carbocycles. The van der Waals surface area contributed by atoms with Gasteiger partial charge in [0.1, 0.15) is 0 Å². The summed E-state index contributed by atoms with van der Waals surface area (Å²) < 4.78 is 0. The van der Waals surface area contributed by atoms with Crippen LogP contribution in [-0.4, -0.2) is 25.0 Å². The minimum atomic E-state index is 0.158. The third-order valence-corrected chi connectivity index (χ3v) is 3.10. The van der Waals surface area contributed by atoms with Crippen molar-refractivity contribution in [3.8, 4) is 0 Å². The molecule has 0 saturated heterocycles. The maximum Gasteiger partial charge on any atom is 0.0555 e. The largest absolute Gasteiger partial charge is 0.399 e. The lowest BCUT2D eigenvalue weighted by atomic mass is 9.96. The molecule has 0 aliphatic heterocycles. The maximum atomic E-state index is 5.96. The van der Waals surface area contributed by atoms with Crippen molar-refractivity contribution >= 4 is 0 Å². The second-order valence-corrected chi connectivity index (χ2v) is 5.14. The lowest BCUT2D eigenvalue weighted by Gasteiger charge is -2.27. The molecule has 3 heteroatoms. The predicted molar refractivity (Wildman–Crippen MR) is 87.8 cm³/mol. The van der Waals surface area contributed by atoms with E-state index in [1.807, 2.05) is 18.2 Å². The van der Waals surface area contributed by atoms with Crippen LogP contribution >= 0.6 is 0 Å². The van der Waals surface area contributed by atoms with E-state index in [0.29, 0.717) is 5.70 Å². The van der Waals surface area contributed by atoms with Crippen LogP contribution in [0.3, 0.4) is 0 Å². The van der Waals surface area contributed by atoms with Gasteiger partial charge in [-0.25, -0.2) is 0 Å². The number of nitrogens with zero attached hydrogens (tertiary/aromatic N) is 1. The average Bonchev–Trinajstić information content (AvgIpc) is 2.53. The van der Waals surface area contributed by atoms with Crippen LogP contribution in [0.2, 0.25) is 0 Å². The summed E-state index contributed by atoms with van der Waals surface area (Å²) in [5.41, 5.74) is 15.7. The first-order chi connectivity index (χ1) is 9.45. The first-order valence-electron chi connectivity index (χ1n) is 6.72. The van der Waals surface area contributed by atoms with E-state index in [1.165, 1.54) is 11.1 Å². The molecule has 108 valence electrons. The Balaban J connectivity index is 3.13. The minimum absolute atomic E-state index is 0.158.